The summed E-state index contributed by atoms with van der Waals surface area (Å²) >= 11 is 5.80. The molecule has 5 rings (SSSR count). The third-order valence-electron chi connectivity index (χ3n) is 6.24. The van der Waals surface area contributed by atoms with Gasteiger partial charge in [0.15, 0.2) is 0 Å². The third kappa shape index (κ3) is 4.81. The second-order valence-corrected chi connectivity index (χ2v) is 9.03. The molecule has 9 heteroatoms. The van der Waals surface area contributed by atoms with Crippen molar-refractivity contribution in [1.29, 1.82) is 0 Å². The number of halogens is 1. The minimum atomic E-state index is -0.375. The number of aromatic nitrogens is 3. The summed E-state index contributed by atoms with van der Waals surface area (Å²) in [5.74, 6) is 0.265. The number of carbonyl (C=O) groups is 2. The molecule has 1 saturated heterocycles. The lowest BCUT2D eigenvalue weighted by Crippen LogP contribution is -2.48. The molecule has 182 valence electrons. The number of rotatable bonds is 6. The molecule has 0 saturated carbocycles. The number of amides is 2. The van der Waals surface area contributed by atoms with Crippen LogP contribution in [0.1, 0.15) is 32.2 Å². The van der Waals surface area contributed by atoms with Crippen molar-refractivity contribution < 1.29 is 14.3 Å². The Labute approximate surface area is 213 Å². The van der Waals surface area contributed by atoms with Crippen molar-refractivity contribution in [2.24, 2.45) is 7.05 Å². The van der Waals surface area contributed by atoms with Gasteiger partial charge in [-0.25, -0.2) is 4.98 Å². The van der Waals surface area contributed by atoms with E-state index < -0.39 is 0 Å². The zero-order chi connectivity index (χ0) is 25.2. The second kappa shape index (κ2) is 9.83. The molecule has 1 aliphatic rings. The average molecular weight is 502 g/mol. The minimum Gasteiger partial charge on any atom is -0.495 e. The summed E-state index contributed by atoms with van der Waals surface area (Å²) in [5, 5.41) is 7.53. The van der Waals surface area contributed by atoms with E-state index in [1.165, 1.54) is 18.9 Å². The van der Waals surface area contributed by atoms with Crippen molar-refractivity contribution in [1.82, 2.24) is 19.7 Å². The molecule has 1 fully saturated rings. The second-order valence-electron chi connectivity index (χ2n) is 8.64. The van der Waals surface area contributed by atoms with Gasteiger partial charge in [0.2, 0.25) is 0 Å². The van der Waals surface area contributed by atoms with Gasteiger partial charge in [-0.1, -0.05) is 35.9 Å². The maximum atomic E-state index is 13.1. The van der Waals surface area contributed by atoms with Crippen LogP contribution < -0.4 is 10.1 Å². The number of anilines is 1. The van der Waals surface area contributed by atoms with Crippen molar-refractivity contribution in [3.63, 3.8) is 0 Å². The van der Waals surface area contributed by atoms with E-state index >= 15 is 0 Å². The van der Waals surface area contributed by atoms with Crippen molar-refractivity contribution >= 4 is 29.1 Å². The predicted molar refractivity (Wildman–Crippen MR) is 137 cm³/mol. The number of hydrogen-bond acceptors (Lipinski definition) is 5. The summed E-state index contributed by atoms with van der Waals surface area (Å²) < 4.78 is 7.15. The Hall–Kier alpha value is -4.17. The number of hydrogen-bond donors (Lipinski definition) is 1. The molecule has 1 N–H and O–H groups in total. The van der Waals surface area contributed by atoms with E-state index in [1.807, 2.05) is 19.3 Å². The van der Waals surface area contributed by atoms with Gasteiger partial charge in [-0.2, -0.15) is 5.10 Å². The van der Waals surface area contributed by atoms with Crippen LogP contribution in [-0.4, -0.2) is 51.7 Å². The lowest BCUT2D eigenvalue weighted by atomic mass is 9.90. The Morgan fingerprint density at radius 3 is 2.42 bits per heavy atom. The summed E-state index contributed by atoms with van der Waals surface area (Å²) in [5.41, 5.74) is 4.42. The molecule has 0 spiro atoms. The van der Waals surface area contributed by atoms with E-state index in [0.717, 1.165) is 11.3 Å². The number of benzene rings is 2. The summed E-state index contributed by atoms with van der Waals surface area (Å²) in [4.78, 5) is 31.5. The van der Waals surface area contributed by atoms with Gasteiger partial charge in [-0.05, 0) is 42.0 Å². The Balaban J connectivity index is 1.25. The van der Waals surface area contributed by atoms with Crippen molar-refractivity contribution in [2.75, 3.05) is 25.5 Å². The monoisotopic (exact) mass is 501 g/mol. The van der Waals surface area contributed by atoms with Crippen LogP contribution >= 0.6 is 11.6 Å². The molecule has 4 aromatic rings. The quantitative estimate of drug-likeness (QED) is 0.389. The largest absolute Gasteiger partial charge is 0.495 e. The van der Waals surface area contributed by atoms with Crippen molar-refractivity contribution in [2.45, 2.75) is 5.92 Å². The maximum absolute atomic E-state index is 13.1. The van der Waals surface area contributed by atoms with E-state index in [4.69, 9.17) is 16.3 Å². The number of aryl methyl sites for hydroxylation is 1. The summed E-state index contributed by atoms with van der Waals surface area (Å²) in [6.07, 6.45) is 3.31. The highest BCUT2D eigenvalue weighted by molar-refractivity contribution is 6.29. The van der Waals surface area contributed by atoms with E-state index in [9.17, 15) is 9.59 Å². The van der Waals surface area contributed by atoms with E-state index in [-0.39, 0.29) is 17.7 Å². The number of nitrogens with one attached hydrogen (secondary N) is 1. The molecular weight excluding hydrogens is 478 g/mol. The lowest BCUT2D eigenvalue weighted by molar-refractivity contribution is 0.0602. The molecule has 0 atom stereocenters. The predicted octanol–water partition coefficient (Wildman–Crippen LogP) is 4.64. The maximum Gasteiger partial charge on any atom is 0.257 e. The molecule has 2 aromatic heterocycles. The van der Waals surface area contributed by atoms with Gasteiger partial charge >= 0.3 is 0 Å². The molecule has 2 aromatic carbocycles. The number of nitrogens with zero attached hydrogens (tertiary/aromatic N) is 4. The summed E-state index contributed by atoms with van der Waals surface area (Å²) in [7, 11) is 3.41. The van der Waals surface area contributed by atoms with E-state index in [2.05, 4.69) is 39.7 Å². The van der Waals surface area contributed by atoms with Gasteiger partial charge in [0, 0.05) is 49.6 Å². The molecule has 0 unspecified atom stereocenters. The molecule has 2 amide bonds. The molecule has 3 heterocycles. The van der Waals surface area contributed by atoms with Crippen LogP contribution in [0.3, 0.4) is 0 Å². The number of pyridine rings is 1. The minimum absolute atomic E-state index is 0.0948. The Morgan fingerprint density at radius 1 is 1.03 bits per heavy atom. The molecule has 0 aliphatic carbocycles. The first-order valence-corrected chi connectivity index (χ1v) is 11.8. The Kier molecular flexibility index (Phi) is 6.43. The van der Waals surface area contributed by atoms with Crippen LogP contribution in [0.15, 0.2) is 73.1 Å². The fourth-order valence-corrected chi connectivity index (χ4v) is 4.29. The fourth-order valence-electron chi connectivity index (χ4n) is 4.18. The zero-order valence-electron chi connectivity index (χ0n) is 19.8. The smallest absolute Gasteiger partial charge is 0.257 e. The van der Waals surface area contributed by atoms with Crippen molar-refractivity contribution in [3.8, 4) is 17.0 Å². The van der Waals surface area contributed by atoms with Crippen LogP contribution in [0.25, 0.3) is 11.3 Å². The van der Waals surface area contributed by atoms with Gasteiger partial charge in [0.05, 0.1) is 24.1 Å². The van der Waals surface area contributed by atoms with Gasteiger partial charge in [-0.3, -0.25) is 14.3 Å². The first-order valence-electron chi connectivity index (χ1n) is 11.4. The normalized spacial score (nSPS) is 13.2. The van der Waals surface area contributed by atoms with Gasteiger partial charge in [-0.15, -0.1) is 0 Å². The van der Waals surface area contributed by atoms with Gasteiger partial charge in [0.25, 0.3) is 11.8 Å². The highest BCUT2D eigenvalue weighted by Gasteiger charge is 2.32. The molecular formula is C27H24ClN5O3. The number of methoxy groups -OCH3 is 1. The standard InChI is InChI=1S/C27H24ClN5O3/c1-32-12-11-22(31-32)18-5-3-17(4-6-18)21-15-33(16-21)27(35)19-7-9-24(36-2)23(13-19)30-26(34)20-8-10-25(28)29-14-20/h3-14,21H,15-16H2,1-2H3,(H,30,34). The third-order valence-corrected chi connectivity index (χ3v) is 6.47. The lowest BCUT2D eigenvalue weighted by Gasteiger charge is -2.39. The number of ether oxygens (including phenoxy) is 1. The highest BCUT2D eigenvalue weighted by Crippen LogP contribution is 2.32. The Bertz CT molecular complexity index is 1410. The van der Waals surface area contributed by atoms with Crippen LogP contribution in [-0.2, 0) is 7.05 Å². The first kappa shape index (κ1) is 23.6. The molecule has 8 nitrogen and oxygen atoms in total. The summed E-state index contributed by atoms with van der Waals surface area (Å²) in [6.45, 7) is 1.26. The fraction of sp³-hybridized carbons (Fsp3) is 0.185. The van der Waals surface area contributed by atoms with Crippen molar-refractivity contribution in [3.05, 3.63) is 94.9 Å². The number of likely N-dealkylation sites (tertiary alicyclic amines) is 1. The average Bonchev–Trinajstić information content (AvgIpc) is 3.30. The molecule has 1 aliphatic heterocycles. The number of carbonyl (C=O) groups excluding carboxylic acids is 2. The van der Waals surface area contributed by atoms with Crippen LogP contribution in [0.5, 0.6) is 5.75 Å². The SMILES string of the molecule is COc1ccc(C(=O)N2CC(c3ccc(-c4ccn(C)n4)cc3)C2)cc1NC(=O)c1ccc(Cl)nc1. The Morgan fingerprint density at radius 2 is 1.78 bits per heavy atom. The van der Waals surface area contributed by atoms with Crippen LogP contribution in [0.4, 0.5) is 5.69 Å². The molecule has 0 radical (unpaired) electrons. The van der Waals surface area contributed by atoms with Gasteiger partial charge in [0.1, 0.15) is 10.9 Å². The van der Waals surface area contributed by atoms with E-state index in [1.54, 1.807) is 39.9 Å². The zero-order valence-corrected chi connectivity index (χ0v) is 20.6. The van der Waals surface area contributed by atoms with Gasteiger partial charge < -0.3 is 15.0 Å². The van der Waals surface area contributed by atoms with Crippen LogP contribution in [0.2, 0.25) is 5.15 Å². The first-order chi connectivity index (χ1) is 17.4. The highest BCUT2D eigenvalue weighted by atomic mass is 35.5. The van der Waals surface area contributed by atoms with Crippen LogP contribution in [0, 0.1) is 0 Å². The molecule has 0 bridgehead atoms. The topological polar surface area (TPSA) is 89.4 Å². The summed E-state index contributed by atoms with van der Waals surface area (Å²) in [6, 6.07) is 18.5. The van der Waals surface area contributed by atoms with E-state index in [0.29, 0.717) is 40.8 Å². The molecule has 36 heavy (non-hydrogen) atoms.